The summed E-state index contributed by atoms with van der Waals surface area (Å²) in [5, 5.41) is 10.3. The minimum atomic E-state index is -3.46. The Balaban J connectivity index is 1.34. The number of anilines is 2. The molecule has 1 aliphatic carbocycles. The van der Waals surface area contributed by atoms with Crippen LogP contribution in [0.2, 0.25) is 0 Å². The Labute approximate surface area is 211 Å². The minimum absolute atomic E-state index is 0.0650. The second kappa shape index (κ2) is 9.51. The minimum Gasteiger partial charge on any atom is -0.319 e. The van der Waals surface area contributed by atoms with Crippen LogP contribution in [0.4, 0.5) is 20.3 Å². The number of benzene rings is 1. The molecule has 0 saturated heterocycles. The molecule has 37 heavy (non-hydrogen) atoms. The van der Waals surface area contributed by atoms with Gasteiger partial charge in [-0.3, -0.25) is 19.6 Å². The van der Waals surface area contributed by atoms with Gasteiger partial charge in [0.2, 0.25) is 15.9 Å². The first-order chi connectivity index (χ1) is 17.5. The highest BCUT2D eigenvalue weighted by Gasteiger charge is 2.39. The number of hydrogen-bond donors (Lipinski definition) is 3. The van der Waals surface area contributed by atoms with Crippen LogP contribution in [-0.2, 0) is 16.4 Å². The Morgan fingerprint density at radius 2 is 1.97 bits per heavy atom. The number of carbonyl (C=O) groups is 1. The van der Waals surface area contributed by atoms with E-state index >= 15 is 0 Å². The summed E-state index contributed by atoms with van der Waals surface area (Å²) >= 11 is 0. The number of fused-ring (bicyclic) bond motifs is 1. The first kappa shape index (κ1) is 24.8. The number of nitrogens with one attached hydrogen (secondary N) is 3. The van der Waals surface area contributed by atoms with Crippen molar-refractivity contribution in [2.24, 2.45) is 5.92 Å². The van der Waals surface area contributed by atoms with Gasteiger partial charge in [-0.1, -0.05) is 6.07 Å². The average molecular weight is 527 g/mol. The first-order valence-corrected chi connectivity index (χ1v) is 13.5. The molecule has 1 amide bonds. The zero-order valence-electron chi connectivity index (χ0n) is 19.8. The Kier molecular flexibility index (Phi) is 6.36. The van der Waals surface area contributed by atoms with Gasteiger partial charge in [0, 0.05) is 36.2 Å². The summed E-state index contributed by atoms with van der Waals surface area (Å²) in [7, 11) is -3.46. The van der Waals surface area contributed by atoms with Crippen molar-refractivity contribution in [2.75, 3.05) is 16.3 Å². The number of rotatable bonds is 7. The second-order valence-electron chi connectivity index (χ2n) is 9.34. The number of halogens is 2. The summed E-state index contributed by atoms with van der Waals surface area (Å²) in [6.07, 6.45) is 6.65. The normalized spacial score (nSPS) is 17.1. The van der Waals surface area contributed by atoms with Crippen molar-refractivity contribution >= 4 is 38.3 Å². The molecule has 1 aromatic carbocycles. The molecule has 1 saturated carbocycles. The Hall–Kier alpha value is -3.93. The zero-order valence-corrected chi connectivity index (χ0v) is 20.6. The van der Waals surface area contributed by atoms with Gasteiger partial charge in [-0.05, 0) is 60.2 Å². The van der Waals surface area contributed by atoms with Gasteiger partial charge < -0.3 is 5.32 Å². The van der Waals surface area contributed by atoms with Gasteiger partial charge >= 0.3 is 0 Å². The van der Waals surface area contributed by atoms with Crippen LogP contribution in [0.15, 0.2) is 55.0 Å². The molecule has 3 aromatic heterocycles. The van der Waals surface area contributed by atoms with Gasteiger partial charge in [-0.15, -0.1) is 0 Å². The van der Waals surface area contributed by atoms with Crippen LogP contribution >= 0.6 is 0 Å². The van der Waals surface area contributed by atoms with Crippen molar-refractivity contribution in [1.82, 2.24) is 20.2 Å². The molecule has 4 aromatic rings. The number of sulfonamides is 1. The molecule has 12 heteroatoms. The molecule has 0 bridgehead atoms. The largest absolute Gasteiger partial charge is 0.319 e. The molecule has 5 rings (SSSR count). The maximum absolute atomic E-state index is 13.6. The summed E-state index contributed by atoms with van der Waals surface area (Å²) in [5.74, 6) is -2.98. The van der Waals surface area contributed by atoms with Gasteiger partial charge in [0.1, 0.15) is 5.82 Å². The lowest BCUT2D eigenvalue weighted by atomic mass is 9.96. The summed E-state index contributed by atoms with van der Waals surface area (Å²) in [5.41, 5.74) is 3.73. The van der Waals surface area contributed by atoms with Crippen molar-refractivity contribution < 1.29 is 22.0 Å². The van der Waals surface area contributed by atoms with Crippen molar-refractivity contribution in [3.63, 3.8) is 0 Å². The number of nitrogens with zero attached hydrogens (tertiary/aromatic N) is 3. The molecule has 0 spiro atoms. The van der Waals surface area contributed by atoms with Crippen LogP contribution in [0.25, 0.3) is 22.0 Å². The Bertz CT molecular complexity index is 1570. The number of aromatic amines is 1. The van der Waals surface area contributed by atoms with Crippen LogP contribution < -0.4 is 10.0 Å². The van der Waals surface area contributed by atoms with Gasteiger partial charge in [0.05, 0.1) is 23.7 Å². The molecule has 1 unspecified atom stereocenters. The summed E-state index contributed by atoms with van der Waals surface area (Å²) in [6, 6.07) is 10.4. The topological polar surface area (TPSA) is 130 Å². The van der Waals surface area contributed by atoms with Crippen molar-refractivity contribution in [3.05, 3.63) is 66.2 Å². The van der Waals surface area contributed by atoms with E-state index in [9.17, 15) is 22.0 Å². The molecule has 9 nitrogen and oxygen atoms in total. The highest BCUT2D eigenvalue weighted by molar-refractivity contribution is 7.92. The van der Waals surface area contributed by atoms with Gasteiger partial charge in [0.15, 0.2) is 5.69 Å². The molecule has 0 aliphatic heterocycles. The van der Waals surface area contributed by atoms with Crippen LogP contribution in [0, 0.1) is 5.92 Å². The lowest BCUT2D eigenvalue weighted by Crippen LogP contribution is -2.14. The van der Waals surface area contributed by atoms with E-state index in [0.29, 0.717) is 29.4 Å². The molecule has 1 fully saturated rings. The SMILES string of the molecule is CS(=O)(=O)Nc1ccc(NC(=O)c2n[nH]c3ccc(-c4cncc(CC5CCC(F)(F)C5)c4)cc23)cn1. The predicted molar refractivity (Wildman–Crippen MR) is 136 cm³/mol. The molecule has 1 aliphatic rings. The van der Waals surface area contributed by atoms with Crippen LogP contribution in [0.3, 0.4) is 0 Å². The number of amides is 1. The van der Waals surface area contributed by atoms with Crippen LogP contribution in [-0.4, -0.2) is 46.7 Å². The fourth-order valence-corrected chi connectivity index (χ4v) is 5.08. The summed E-state index contributed by atoms with van der Waals surface area (Å²) < 4.78 is 52.1. The average Bonchev–Trinajstić information content (AvgIpc) is 3.41. The molecule has 0 radical (unpaired) electrons. The first-order valence-electron chi connectivity index (χ1n) is 11.6. The van der Waals surface area contributed by atoms with Gasteiger partial charge in [0.25, 0.3) is 5.91 Å². The summed E-state index contributed by atoms with van der Waals surface area (Å²) in [6.45, 7) is 0. The zero-order chi connectivity index (χ0) is 26.2. The van der Waals surface area contributed by atoms with Crippen molar-refractivity contribution in [1.29, 1.82) is 0 Å². The highest BCUT2D eigenvalue weighted by Crippen LogP contribution is 2.40. The smallest absolute Gasteiger partial charge is 0.276 e. The third-order valence-corrected chi connectivity index (χ3v) is 6.83. The van der Waals surface area contributed by atoms with E-state index in [4.69, 9.17) is 0 Å². The fraction of sp³-hybridized carbons (Fsp3) is 0.280. The van der Waals surface area contributed by atoms with E-state index in [1.165, 1.54) is 18.3 Å². The Morgan fingerprint density at radius 1 is 1.14 bits per heavy atom. The molecule has 3 heterocycles. The molecular formula is C25H24F2N6O3S. The van der Waals surface area contributed by atoms with Crippen molar-refractivity contribution in [2.45, 2.75) is 31.6 Å². The molecule has 1 atom stereocenters. The fourth-order valence-electron chi connectivity index (χ4n) is 4.58. The standard InChI is InChI=1S/C25H24F2N6O3S/c1-37(35,36)33-22-5-3-19(14-29-22)30-24(34)23-20-10-17(2-4-21(20)31-32-23)18-9-16(12-28-13-18)8-15-6-7-25(26,27)11-15/h2-5,9-10,12-15H,6-8,11H2,1H3,(H,29,33)(H,30,34)(H,31,32). The monoisotopic (exact) mass is 526 g/mol. The van der Waals surface area contributed by atoms with E-state index in [-0.39, 0.29) is 30.3 Å². The lowest BCUT2D eigenvalue weighted by molar-refractivity contribution is 0.00507. The Morgan fingerprint density at radius 3 is 2.68 bits per heavy atom. The van der Waals surface area contributed by atoms with E-state index < -0.39 is 21.9 Å². The van der Waals surface area contributed by atoms with Crippen LogP contribution in [0.1, 0.15) is 35.3 Å². The lowest BCUT2D eigenvalue weighted by Gasteiger charge is -2.11. The maximum atomic E-state index is 13.6. The van der Waals surface area contributed by atoms with E-state index in [2.05, 4.69) is 30.2 Å². The number of alkyl halides is 2. The van der Waals surface area contributed by atoms with Crippen LogP contribution in [0.5, 0.6) is 0 Å². The second-order valence-corrected chi connectivity index (χ2v) is 11.1. The van der Waals surface area contributed by atoms with Crippen molar-refractivity contribution in [3.8, 4) is 11.1 Å². The molecule has 3 N–H and O–H groups in total. The number of H-pyrrole nitrogens is 1. The quantitative estimate of drug-likeness (QED) is 0.322. The van der Waals surface area contributed by atoms with Gasteiger partial charge in [-0.25, -0.2) is 22.2 Å². The molecule has 192 valence electrons. The predicted octanol–water partition coefficient (Wildman–Crippen LogP) is 4.62. The van der Waals surface area contributed by atoms with Gasteiger partial charge in [-0.2, -0.15) is 5.10 Å². The van der Waals surface area contributed by atoms with E-state index in [0.717, 1.165) is 22.9 Å². The molecular weight excluding hydrogens is 502 g/mol. The number of pyridine rings is 2. The third kappa shape index (κ3) is 5.91. The van der Waals surface area contributed by atoms with E-state index in [1.54, 1.807) is 12.4 Å². The highest BCUT2D eigenvalue weighted by atomic mass is 32.2. The number of carbonyl (C=O) groups excluding carboxylic acids is 1. The number of aromatic nitrogens is 4. The number of hydrogen-bond acceptors (Lipinski definition) is 6. The summed E-state index contributed by atoms with van der Waals surface area (Å²) in [4.78, 5) is 21.2. The third-order valence-electron chi connectivity index (χ3n) is 6.25. The van der Waals surface area contributed by atoms with E-state index in [1.807, 2.05) is 24.3 Å². The maximum Gasteiger partial charge on any atom is 0.276 e.